The summed E-state index contributed by atoms with van der Waals surface area (Å²) in [7, 11) is -3.67. The number of aromatic nitrogens is 2. The maximum Gasteiger partial charge on any atom is 0.261 e. The lowest BCUT2D eigenvalue weighted by Crippen LogP contribution is -2.39. The minimum absolute atomic E-state index is 0.0585. The van der Waals surface area contributed by atoms with Gasteiger partial charge in [0.15, 0.2) is 0 Å². The van der Waals surface area contributed by atoms with E-state index in [1.807, 2.05) is 36.4 Å². The molecule has 0 radical (unpaired) electrons. The molecule has 8 nitrogen and oxygen atoms in total. The Kier molecular flexibility index (Phi) is 7.67. The summed E-state index contributed by atoms with van der Waals surface area (Å²) in [5.74, 6) is -0.164. The molecule has 1 saturated heterocycles. The molecule has 1 N–H and O–H groups in total. The number of likely N-dealkylation sites (N-methyl/N-ethyl adjacent to an activating group) is 1. The van der Waals surface area contributed by atoms with Gasteiger partial charge in [-0.05, 0) is 56.0 Å². The van der Waals surface area contributed by atoms with Gasteiger partial charge in [0.05, 0.1) is 10.6 Å². The van der Waals surface area contributed by atoms with Gasteiger partial charge in [-0.25, -0.2) is 13.1 Å². The highest BCUT2D eigenvalue weighted by Crippen LogP contribution is 2.30. The van der Waals surface area contributed by atoms with Gasteiger partial charge in [-0.2, -0.15) is 14.7 Å². The van der Waals surface area contributed by atoms with E-state index < -0.39 is 15.9 Å². The van der Waals surface area contributed by atoms with Gasteiger partial charge in [0.1, 0.15) is 17.3 Å². The van der Waals surface area contributed by atoms with Crippen LogP contribution in [0.15, 0.2) is 71.3 Å². The van der Waals surface area contributed by atoms with E-state index >= 15 is 0 Å². The molecule has 1 unspecified atom stereocenters. The second-order valence-electron chi connectivity index (χ2n) is 8.88. The predicted molar refractivity (Wildman–Crippen MR) is 138 cm³/mol. The van der Waals surface area contributed by atoms with E-state index in [1.165, 1.54) is 6.08 Å². The van der Waals surface area contributed by atoms with Crippen LogP contribution in [0.3, 0.4) is 0 Å². The van der Waals surface area contributed by atoms with Crippen molar-refractivity contribution in [3.63, 3.8) is 0 Å². The van der Waals surface area contributed by atoms with Gasteiger partial charge in [0.2, 0.25) is 10.0 Å². The van der Waals surface area contributed by atoms with Crippen LogP contribution in [0.1, 0.15) is 32.3 Å². The number of hydrogen-bond donors (Lipinski definition) is 1. The number of para-hydroxylation sites is 1. The first-order valence-corrected chi connectivity index (χ1v) is 13.4. The zero-order valence-electron chi connectivity index (χ0n) is 20.4. The van der Waals surface area contributed by atoms with E-state index in [0.29, 0.717) is 42.4 Å². The second kappa shape index (κ2) is 10.9. The average Bonchev–Trinajstić information content (AvgIpc) is 3.32. The van der Waals surface area contributed by atoms with Crippen LogP contribution >= 0.6 is 0 Å². The van der Waals surface area contributed by atoms with Crippen molar-refractivity contribution in [1.29, 1.82) is 5.26 Å². The Balaban J connectivity index is 1.81. The van der Waals surface area contributed by atoms with Crippen molar-refractivity contribution in [3.05, 3.63) is 71.9 Å². The standard InChI is InChI=1S/C27H29N5O3S/c1-3-29-27(33)22(17-28)15-23-19-32(24-11-5-4-6-12-24)30-26(23)21-10-7-13-25(16-21)36(34,35)31-14-8-9-20(2)18-31/h4-7,10-13,15-16,19-20H,3,8-9,14,18H2,1-2H3,(H,29,33). The Labute approximate surface area is 211 Å². The fourth-order valence-corrected chi connectivity index (χ4v) is 5.95. The van der Waals surface area contributed by atoms with Crippen LogP contribution in [0.4, 0.5) is 0 Å². The molecule has 9 heteroatoms. The number of sulfonamides is 1. The molecule has 1 aromatic heterocycles. The smallest absolute Gasteiger partial charge is 0.261 e. The number of amides is 1. The SMILES string of the molecule is CCNC(=O)C(C#N)=Cc1cn(-c2ccccc2)nc1-c1cccc(S(=O)(=O)N2CCCC(C)C2)c1. The first-order chi connectivity index (χ1) is 17.3. The maximum atomic E-state index is 13.4. The number of carbonyl (C=O) groups is 1. The van der Waals surface area contributed by atoms with Crippen molar-refractivity contribution in [2.24, 2.45) is 5.92 Å². The quantitative estimate of drug-likeness (QED) is 0.387. The molecule has 1 aliphatic rings. The Morgan fingerprint density at radius 1 is 1.22 bits per heavy atom. The molecular formula is C27H29N5O3S. The maximum absolute atomic E-state index is 13.4. The number of nitrogens with one attached hydrogen (secondary N) is 1. The highest BCUT2D eigenvalue weighted by molar-refractivity contribution is 7.89. The topological polar surface area (TPSA) is 108 Å². The van der Waals surface area contributed by atoms with Crippen LogP contribution < -0.4 is 5.32 Å². The lowest BCUT2D eigenvalue weighted by atomic mass is 10.0. The molecule has 0 saturated carbocycles. The molecule has 1 atom stereocenters. The zero-order valence-corrected chi connectivity index (χ0v) is 21.2. The van der Waals surface area contributed by atoms with Gasteiger partial charge in [-0.15, -0.1) is 0 Å². The minimum atomic E-state index is -3.67. The van der Waals surface area contributed by atoms with E-state index in [9.17, 15) is 18.5 Å². The first kappa shape index (κ1) is 25.4. The molecule has 0 aliphatic carbocycles. The number of piperidine rings is 1. The third kappa shape index (κ3) is 5.40. The average molecular weight is 504 g/mol. The normalized spacial score (nSPS) is 16.9. The number of nitrogens with zero attached hydrogens (tertiary/aromatic N) is 4. The van der Waals surface area contributed by atoms with Crippen molar-refractivity contribution >= 4 is 22.0 Å². The number of hydrogen-bond acceptors (Lipinski definition) is 5. The summed E-state index contributed by atoms with van der Waals surface area (Å²) >= 11 is 0. The molecule has 2 aromatic carbocycles. The summed E-state index contributed by atoms with van der Waals surface area (Å²) in [5.41, 5.74) is 2.32. The third-order valence-corrected chi connectivity index (χ3v) is 7.99. The molecule has 186 valence electrons. The van der Waals surface area contributed by atoms with E-state index in [2.05, 4.69) is 12.2 Å². The largest absolute Gasteiger partial charge is 0.352 e. The fourth-order valence-electron chi connectivity index (χ4n) is 4.31. The van der Waals surface area contributed by atoms with E-state index in [1.54, 1.807) is 46.4 Å². The molecule has 0 bridgehead atoms. The molecular weight excluding hydrogens is 474 g/mol. The van der Waals surface area contributed by atoms with Crippen LogP contribution in [0.5, 0.6) is 0 Å². The van der Waals surface area contributed by atoms with Crippen molar-refractivity contribution in [2.75, 3.05) is 19.6 Å². The Bertz CT molecular complexity index is 1420. The Morgan fingerprint density at radius 2 is 2.00 bits per heavy atom. The predicted octanol–water partition coefficient (Wildman–Crippen LogP) is 4.00. The lowest BCUT2D eigenvalue weighted by Gasteiger charge is -2.30. The third-order valence-electron chi connectivity index (χ3n) is 6.13. The molecule has 36 heavy (non-hydrogen) atoms. The van der Waals surface area contributed by atoms with Crippen molar-refractivity contribution in [1.82, 2.24) is 19.4 Å². The molecule has 1 amide bonds. The van der Waals surface area contributed by atoms with Gasteiger partial charge in [0, 0.05) is 37.0 Å². The molecule has 0 spiro atoms. The summed E-state index contributed by atoms with van der Waals surface area (Å²) in [5, 5.41) is 17.0. The fraction of sp³-hybridized carbons (Fsp3) is 0.296. The zero-order chi connectivity index (χ0) is 25.7. The highest BCUT2D eigenvalue weighted by atomic mass is 32.2. The number of carbonyl (C=O) groups excluding carboxylic acids is 1. The van der Waals surface area contributed by atoms with Gasteiger partial charge < -0.3 is 5.32 Å². The van der Waals surface area contributed by atoms with E-state index in [-0.39, 0.29) is 10.5 Å². The number of nitriles is 1. The van der Waals surface area contributed by atoms with Crippen molar-refractivity contribution < 1.29 is 13.2 Å². The molecule has 1 fully saturated rings. The summed E-state index contributed by atoms with van der Waals surface area (Å²) < 4.78 is 30.0. The number of benzene rings is 2. The lowest BCUT2D eigenvalue weighted by molar-refractivity contribution is -0.116. The molecule has 2 heterocycles. The van der Waals surface area contributed by atoms with Gasteiger partial charge in [-0.3, -0.25) is 4.79 Å². The van der Waals surface area contributed by atoms with Crippen LogP contribution in [0.2, 0.25) is 0 Å². The summed E-state index contributed by atoms with van der Waals surface area (Å²) in [4.78, 5) is 12.6. The Morgan fingerprint density at radius 3 is 2.69 bits per heavy atom. The van der Waals surface area contributed by atoms with E-state index in [4.69, 9.17) is 5.10 Å². The monoisotopic (exact) mass is 503 g/mol. The molecule has 3 aromatic rings. The van der Waals surface area contributed by atoms with E-state index in [0.717, 1.165) is 18.5 Å². The molecule has 4 rings (SSSR count). The van der Waals surface area contributed by atoms with Crippen molar-refractivity contribution in [3.8, 4) is 23.0 Å². The van der Waals surface area contributed by atoms with Crippen LogP contribution in [0, 0.1) is 17.2 Å². The van der Waals surface area contributed by atoms with Gasteiger partial charge >= 0.3 is 0 Å². The first-order valence-electron chi connectivity index (χ1n) is 12.0. The number of rotatable bonds is 7. The highest BCUT2D eigenvalue weighted by Gasteiger charge is 2.29. The van der Waals surface area contributed by atoms with Crippen LogP contribution in [-0.2, 0) is 14.8 Å². The van der Waals surface area contributed by atoms with Crippen LogP contribution in [-0.4, -0.2) is 48.0 Å². The van der Waals surface area contributed by atoms with Crippen molar-refractivity contribution in [2.45, 2.75) is 31.6 Å². The molecule has 1 aliphatic heterocycles. The summed E-state index contributed by atoms with van der Waals surface area (Å²) in [6.07, 6.45) is 5.08. The van der Waals surface area contributed by atoms with Gasteiger partial charge in [-0.1, -0.05) is 37.3 Å². The van der Waals surface area contributed by atoms with Gasteiger partial charge in [0.25, 0.3) is 5.91 Å². The Hall–Kier alpha value is -3.74. The summed E-state index contributed by atoms with van der Waals surface area (Å²) in [6, 6.07) is 18.1. The second-order valence-corrected chi connectivity index (χ2v) is 10.8. The summed E-state index contributed by atoms with van der Waals surface area (Å²) in [6.45, 7) is 5.24. The minimum Gasteiger partial charge on any atom is -0.352 e. The van der Waals surface area contributed by atoms with Crippen LogP contribution in [0.25, 0.3) is 23.0 Å².